The molecule has 5 nitrogen and oxygen atoms in total. The standard InChI is InChI=1S/C16H23N3O2/c1-4-13(2)21-15-7-5-6-14(12-15)19-10-8-17-16(19)18-9-11-20-3/h5-8,10,12-13H,4,9,11H2,1-3H3,(H,17,18). The van der Waals surface area contributed by atoms with Crippen molar-refractivity contribution < 1.29 is 9.47 Å². The summed E-state index contributed by atoms with van der Waals surface area (Å²) in [4.78, 5) is 4.33. The van der Waals surface area contributed by atoms with E-state index in [4.69, 9.17) is 9.47 Å². The topological polar surface area (TPSA) is 48.3 Å². The zero-order valence-electron chi connectivity index (χ0n) is 12.9. The van der Waals surface area contributed by atoms with Crippen LogP contribution in [0, 0.1) is 0 Å². The van der Waals surface area contributed by atoms with Gasteiger partial charge in [-0.15, -0.1) is 0 Å². The van der Waals surface area contributed by atoms with Crippen LogP contribution in [0.3, 0.4) is 0 Å². The Bertz CT molecular complexity index is 554. The van der Waals surface area contributed by atoms with Gasteiger partial charge in [0.05, 0.1) is 18.4 Å². The fourth-order valence-corrected chi connectivity index (χ4v) is 1.93. The molecule has 0 spiro atoms. The normalized spacial score (nSPS) is 12.1. The first-order valence-electron chi connectivity index (χ1n) is 7.27. The summed E-state index contributed by atoms with van der Waals surface area (Å²) in [7, 11) is 1.68. The molecule has 2 aromatic rings. The minimum atomic E-state index is 0.210. The Kier molecular flexibility index (Phi) is 5.63. The fraction of sp³-hybridized carbons (Fsp3) is 0.438. The minimum absolute atomic E-state index is 0.210. The predicted molar refractivity (Wildman–Crippen MR) is 84.3 cm³/mol. The fourth-order valence-electron chi connectivity index (χ4n) is 1.93. The lowest BCUT2D eigenvalue weighted by Crippen LogP contribution is -2.12. The Hall–Kier alpha value is -2.01. The smallest absolute Gasteiger partial charge is 0.207 e. The van der Waals surface area contributed by atoms with Gasteiger partial charge < -0.3 is 14.8 Å². The number of benzene rings is 1. The van der Waals surface area contributed by atoms with Gasteiger partial charge >= 0.3 is 0 Å². The molecule has 0 aliphatic rings. The minimum Gasteiger partial charge on any atom is -0.491 e. The molecule has 5 heteroatoms. The van der Waals surface area contributed by atoms with Crippen LogP contribution in [0.4, 0.5) is 5.95 Å². The number of methoxy groups -OCH3 is 1. The molecule has 0 aliphatic carbocycles. The van der Waals surface area contributed by atoms with Crippen molar-refractivity contribution in [2.75, 3.05) is 25.6 Å². The van der Waals surface area contributed by atoms with Crippen LogP contribution in [0.1, 0.15) is 20.3 Å². The molecule has 1 N–H and O–H groups in total. The van der Waals surface area contributed by atoms with E-state index in [0.717, 1.165) is 30.4 Å². The van der Waals surface area contributed by atoms with Crippen molar-refractivity contribution in [1.82, 2.24) is 9.55 Å². The Morgan fingerprint density at radius 3 is 3.00 bits per heavy atom. The first-order valence-corrected chi connectivity index (χ1v) is 7.27. The van der Waals surface area contributed by atoms with Gasteiger partial charge in [-0.1, -0.05) is 13.0 Å². The second-order valence-electron chi connectivity index (χ2n) is 4.87. The van der Waals surface area contributed by atoms with Gasteiger partial charge in [0.1, 0.15) is 5.75 Å². The van der Waals surface area contributed by atoms with Crippen molar-refractivity contribution >= 4 is 5.95 Å². The zero-order chi connectivity index (χ0) is 15.1. The van der Waals surface area contributed by atoms with Crippen LogP contribution in [0.15, 0.2) is 36.7 Å². The van der Waals surface area contributed by atoms with Crippen molar-refractivity contribution in [3.05, 3.63) is 36.7 Å². The number of aromatic nitrogens is 2. The zero-order valence-corrected chi connectivity index (χ0v) is 12.9. The number of hydrogen-bond acceptors (Lipinski definition) is 4. The van der Waals surface area contributed by atoms with Crippen LogP contribution in [0.25, 0.3) is 5.69 Å². The highest BCUT2D eigenvalue weighted by Gasteiger charge is 2.07. The Balaban J connectivity index is 2.14. The molecule has 1 aromatic carbocycles. The van der Waals surface area contributed by atoms with Crippen LogP contribution < -0.4 is 10.1 Å². The van der Waals surface area contributed by atoms with Crippen molar-refractivity contribution in [1.29, 1.82) is 0 Å². The van der Waals surface area contributed by atoms with Crippen LogP contribution in [-0.4, -0.2) is 35.9 Å². The molecule has 1 atom stereocenters. The van der Waals surface area contributed by atoms with Gasteiger partial charge in [0.15, 0.2) is 0 Å². The first kappa shape index (κ1) is 15.4. The third-order valence-corrected chi connectivity index (χ3v) is 3.24. The second-order valence-corrected chi connectivity index (χ2v) is 4.87. The number of hydrogen-bond donors (Lipinski definition) is 1. The first-order chi connectivity index (χ1) is 10.2. The number of nitrogens with one attached hydrogen (secondary N) is 1. The maximum atomic E-state index is 5.87. The van der Waals surface area contributed by atoms with Crippen molar-refractivity contribution in [2.45, 2.75) is 26.4 Å². The third-order valence-electron chi connectivity index (χ3n) is 3.24. The molecule has 21 heavy (non-hydrogen) atoms. The number of ether oxygens (including phenoxy) is 2. The Labute approximate surface area is 125 Å². The molecule has 0 saturated heterocycles. The maximum absolute atomic E-state index is 5.87. The largest absolute Gasteiger partial charge is 0.491 e. The lowest BCUT2D eigenvalue weighted by molar-refractivity contribution is 0.210. The Morgan fingerprint density at radius 2 is 2.24 bits per heavy atom. The van der Waals surface area contributed by atoms with Crippen molar-refractivity contribution in [3.63, 3.8) is 0 Å². The number of imidazole rings is 1. The summed E-state index contributed by atoms with van der Waals surface area (Å²) in [6.07, 6.45) is 4.90. The molecule has 0 radical (unpaired) electrons. The summed E-state index contributed by atoms with van der Waals surface area (Å²) >= 11 is 0. The van der Waals surface area contributed by atoms with E-state index < -0.39 is 0 Å². The lowest BCUT2D eigenvalue weighted by Gasteiger charge is -2.14. The van der Waals surface area contributed by atoms with E-state index in [1.807, 2.05) is 35.0 Å². The summed E-state index contributed by atoms with van der Waals surface area (Å²) in [6.45, 7) is 5.55. The van der Waals surface area contributed by atoms with Gasteiger partial charge in [-0.05, 0) is 25.5 Å². The van der Waals surface area contributed by atoms with Crippen LogP contribution >= 0.6 is 0 Å². The van der Waals surface area contributed by atoms with Gasteiger partial charge in [-0.3, -0.25) is 4.57 Å². The maximum Gasteiger partial charge on any atom is 0.207 e. The summed E-state index contributed by atoms with van der Waals surface area (Å²) in [6, 6.07) is 8.03. The molecule has 114 valence electrons. The van der Waals surface area contributed by atoms with Gasteiger partial charge in [0.2, 0.25) is 5.95 Å². The summed E-state index contributed by atoms with van der Waals surface area (Å²) in [5.41, 5.74) is 1.02. The van der Waals surface area contributed by atoms with Gasteiger partial charge in [-0.2, -0.15) is 0 Å². The lowest BCUT2D eigenvalue weighted by atomic mass is 10.2. The molecular formula is C16H23N3O2. The molecule has 0 bridgehead atoms. The molecular weight excluding hydrogens is 266 g/mol. The van der Waals surface area contributed by atoms with Crippen molar-refractivity contribution in [2.24, 2.45) is 0 Å². The Morgan fingerprint density at radius 1 is 1.38 bits per heavy atom. The highest BCUT2D eigenvalue weighted by atomic mass is 16.5. The molecule has 0 amide bonds. The predicted octanol–water partition coefficient (Wildman–Crippen LogP) is 3.11. The van der Waals surface area contributed by atoms with E-state index in [9.17, 15) is 0 Å². The van der Waals surface area contributed by atoms with Gasteiger partial charge in [0, 0.05) is 32.1 Å². The van der Waals surface area contributed by atoms with E-state index in [-0.39, 0.29) is 6.10 Å². The number of nitrogens with zero attached hydrogens (tertiary/aromatic N) is 2. The molecule has 2 rings (SSSR count). The van der Waals surface area contributed by atoms with Crippen LogP contribution in [0.2, 0.25) is 0 Å². The van der Waals surface area contributed by atoms with E-state index in [0.29, 0.717) is 6.61 Å². The monoisotopic (exact) mass is 289 g/mol. The van der Waals surface area contributed by atoms with E-state index in [1.165, 1.54) is 0 Å². The average molecular weight is 289 g/mol. The SMILES string of the molecule is CCC(C)Oc1cccc(-n2ccnc2NCCOC)c1. The second kappa shape index (κ2) is 7.69. The van der Waals surface area contributed by atoms with Crippen LogP contribution in [0.5, 0.6) is 5.75 Å². The summed E-state index contributed by atoms with van der Waals surface area (Å²) in [5, 5.41) is 3.25. The molecule has 1 unspecified atom stereocenters. The summed E-state index contributed by atoms with van der Waals surface area (Å²) < 4.78 is 12.9. The highest BCUT2D eigenvalue weighted by molar-refractivity contribution is 5.45. The average Bonchev–Trinajstić information content (AvgIpc) is 2.96. The van der Waals surface area contributed by atoms with E-state index in [1.54, 1.807) is 13.3 Å². The third kappa shape index (κ3) is 4.23. The molecule has 1 aromatic heterocycles. The van der Waals surface area contributed by atoms with Crippen molar-refractivity contribution in [3.8, 4) is 11.4 Å². The number of anilines is 1. The van der Waals surface area contributed by atoms with E-state index >= 15 is 0 Å². The molecule has 0 aliphatic heterocycles. The molecule has 0 fully saturated rings. The quantitative estimate of drug-likeness (QED) is 0.759. The number of rotatable bonds is 8. The van der Waals surface area contributed by atoms with Gasteiger partial charge in [-0.25, -0.2) is 4.98 Å². The molecule has 0 saturated carbocycles. The summed E-state index contributed by atoms with van der Waals surface area (Å²) in [5.74, 6) is 1.67. The molecule has 1 heterocycles. The van der Waals surface area contributed by atoms with Crippen LogP contribution in [-0.2, 0) is 4.74 Å². The van der Waals surface area contributed by atoms with E-state index in [2.05, 4.69) is 24.1 Å². The highest BCUT2D eigenvalue weighted by Crippen LogP contribution is 2.21. The van der Waals surface area contributed by atoms with Gasteiger partial charge in [0.25, 0.3) is 0 Å².